The smallest absolute Gasteiger partial charge is 0.112 e. The molecule has 0 aromatic rings. The quantitative estimate of drug-likeness (QED) is 0.536. The summed E-state index contributed by atoms with van der Waals surface area (Å²) in [6, 6.07) is 0. The lowest BCUT2D eigenvalue weighted by molar-refractivity contribution is 0.253. The fraction of sp³-hybridized carbons (Fsp3) is 0.556. The van der Waals surface area contributed by atoms with E-state index >= 15 is 0 Å². The van der Waals surface area contributed by atoms with E-state index in [1.165, 1.54) is 0 Å². The second-order valence-corrected chi connectivity index (χ2v) is 2.00. The van der Waals surface area contributed by atoms with Gasteiger partial charge in [0.15, 0.2) is 0 Å². The van der Waals surface area contributed by atoms with Gasteiger partial charge in [-0.05, 0) is 25.2 Å². The second-order valence-electron chi connectivity index (χ2n) is 2.00. The Labute approximate surface area is 62.5 Å². The van der Waals surface area contributed by atoms with Crippen LogP contribution in [0.15, 0.2) is 0 Å². The molecule has 0 rings (SSSR count). The van der Waals surface area contributed by atoms with Crippen molar-refractivity contribution in [3.8, 4) is 23.7 Å². The van der Waals surface area contributed by atoms with Gasteiger partial charge in [-0.25, -0.2) is 0 Å². The zero-order valence-corrected chi connectivity index (χ0v) is 6.44. The highest BCUT2D eigenvalue weighted by Crippen LogP contribution is 1.79. The van der Waals surface area contributed by atoms with Crippen LogP contribution in [0.3, 0.4) is 0 Å². The predicted molar refractivity (Wildman–Crippen MR) is 42.1 cm³/mol. The van der Waals surface area contributed by atoms with Gasteiger partial charge in [0.1, 0.15) is 6.10 Å². The zero-order valence-electron chi connectivity index (χ0n) is 6.44. The van der Waals surface area contributed by atoms with Crippen molar-refractivity contribution in [2.45, 2.75) is 32.8 Å². The Bertz CT molecular complexity index is 182. The first-order valence-corrected chi connectivity index (χ1v) is 3.43. The summed E-state index contributed by atoms with van der Waals surface area (Å²) >= 11 is 0. The first kappa shape index (κ1) is 9.08. The van der Waals surface area contributed by atoms with Crippen molar-refractivity contribution >= 4 is 0 Å². The second kappa shape index (κ2) is 6.20. The Morgan fingerprint density at radius 1 is 1.40 bits per heavy atom. The Hall–Kier alpha value is -0.920. The van der Waals surface area contributed by atoms with E-state index in [0.29, 0.717) is 0 Å². The summed E-state index contributed by atoms with van der Waals surface area (Å²) in [6.07, 6.45) is 1.38. The number of aliphatic hydroxyl groups excluding tert-OH is 1. The number of unbranched alkanes of at least 4 members (excludes halogenated alkanes) is 1. The highest BCUT2D eigenvalue weighted by atomic mass is 16.3. The highest BCUT2D eigenvalue weighted by molar-refractivity contribution is 5.26. The molecule has 0 aromatic heterocycles. The molecular weight excluding hydrogens is 124 g/mol. The third-order valence-electron chi connectivity index (χ3n) is 0.807. The third-order valence-corrected chi connectivity index (χ3v) is 0.807. The van der Waals surface area contributed by atoms with Crippen molar-refractivity contribution in [2.24, 2.45) is 0 Å². The molecule has 0 aliphatic rings. The molecule has 1 heteroatoms. The van der Waals surface area contributed by atoms with Crippen LogP contribution in [0.1, 0.15) is 26.7 Å². The van der Waals surface area contributed by atoms with Gasteiger partial charge in [-0.3, -0.25) is 0 Å². The standard InChI is InChI=1S/C9H12O/c1-3-4-5-6-7-8-9(2)10/h9-10H,3-4H2,1-2H3/t9-/m1/s1. The van der Waals surface area contributed by atoms with Crippen molar-refractivity contribution in [2.75, 3.05) is 0 Å². The Balaban J connectivity index is 3.56. The third kappa shape index (κ3) is 7.08. The van der Waals surface area contributed by atoms with Crippen LogP contribution < -0.4 is 0 Å². The lowest BCUT2D eigenvalue weighted by atomic mass is 10.3. The van der Waals surface area contributed by atoms with Gasteiger partial charge in [0.05, 0.1) is 0 Å². The molecule has 1 N–H and O–H groups in total. The van der Waals surface area contributed by atoms with Gasteiger partial charge < -0.3 is 5.11 Å². The SMILES string of the molecule is CCCC#CC#C[C@@H](C)O. The lowest BCUT2D eigenvalue weighted by Gasteiger charge is -1.82. The van der Waals surface area contributed by atoms with E-state index in [-0.39, 0.29) is 0 Å². The first-order valence-electron chi connectivity index (χ1n) is 3.43. The van der Waals surface area contributed by atoms with Gasteiger partial charge in [-0.2, -0.15) is 0 Å². The van der Waals surface area contributed by atoms with Gasteiger partial charge in [-0.15, -0.1) is 0 Å². The van der Waals surface area contributed by atoms with Gasteiger partial charge in [0.25, 0.3) is 0 Å². The minimum atomic E-state index is -0.559. The molecule has 0 spiro atoms. The van der Waals surface area contributed by atoms with Gasteiger partial charge in [0.2, 0.25) is 0 Å². The van der Waals surface area contributed by atoms with Crippen molar-refractivity contribution in [1.82, 2.24) is 0 Å². The molecule has 0 aliphatic carbocycles. The summed E-state index contributed by atoms with van der Waals surface area (Å²) in [5.74, 6) is 10.6. The van der Waals surface area contributed by atoms with Crippen LogP contribution in [0.25, 0.3) is 0 Å². The highest BCUT2D eigenvalue weighted by Gasteiger charge is 1.78. The number of hydrogen-bond acceptors (Lipinski definition) is 1. The summed E-state index contributed by atoms with van der Waals surface area (Å²) < 4.78 is 0. The minimum Gasteiger partial charge on any atom is -0.381 e. The van der Waals surface area contributed by atoms with Crippen LogP contribution in [0, 0.1) is 23.7 Å². The van der Waals surface area contributed by atoms with Crippen LogP contribution >= 0.6 is 0 Å². The van der Waals surface area contributed by atoms with Crippen molar-refractivity contribution < 1.29 is 5.11 Å². The first-order chi connectivity index (χ1) is 4.77. The van der Waals surface area contributed by atoms with E-state index in [4.69, 9.17) is 5.11 Å². The van der Waals surface area contributed by atoms with Crippen LogP contribution in [0.4, 0.5) is 0 Å². The van der Waals surface area contributed by atoms with Crippen molar-refractivity contribution in [1.29, 1.82) is 0 Å². The molecule has 0 aliphatic heterocycles. The number of rotatable bonds is 1. The number of aliphatic hydroxyl groups is 1. The maximum absolute atomic E-state index is 8.67. The number of hydrogen-bond donors (Lipinski definition) is 1. The zero-order chi connectivity index (χ0) is 7.82. The molecule has 10 heavy (non-hydrogen) atoms. The average Bonchev–Trinajstić information content (AvgIpc) is 1.87. The van der Waals surface area contributed by atoms with Crippen LogP contribution in [0.2, 0.25) is 0 Å². The Morgan fingerprint density at radius 3 is 2.60 bits per heavy atom. The Morgan fingerprint density at radius 2 is 2.10 bits per heavy atom. The fourth-order valence-electron chi connectivity index (χ4n) is 0.372. The summed E-state index contributed by atoms with van der Waals surface area (Å²) in [5.41, 5.74) is 0. The fourth-order valence-corrected chi connectivity index (χ4v) is 0.372. The lowest BCUT2D eigenvalue weighted by Crippen LogP contribution is -1.91. The summed E-state index contributed by atoms with van der Waals surface area (Å²) in [7, 11) is 0. The van der Waals surface area contributed by atoms with E-state index in [2.05, 4.69) is 30.6 Å². The van der Waals surface area contributed by atoms with Crippen molar-refractivity contribution in [3.05, 3.63) is 0 Å². The van der Waals surface area contributed by atoms with E-state index in [9.17, 15) is 0 Å². The molecule has 1 nitrogen and oxygen atoms in total. The molecule has 0 heterocycles. The minimum absolute atomic E-state index is 0.559. The molecule has 0 aromatic carbocycles. The molecule has 0 radical (unpaired) electrons. The largest absolute Gasteiger partial charge is 0.381 e. The Kier molecular flexibility index (Phi) is 5.63. The van der Waals surface area contributed by atoms with Crippen LogP contribution in [-0.2, 0) is 0 Å². The summed E-state index contributed by atoms with van der Waals surface area (Å²) in [6.45, 7) is 3.69. The van der Waals surface area contributed by atoms with Crippen molar-refractivity contribution in [3.63, 3.8) is 0 Å². The van der Waals surface area contributed by atoms with Gasteiger partial charge in [-0.1, -0.05) is 18.8 Å². The monoisotopic (exact) mass is 136 g/mol. The molecule has 0 saturated carbocycles. The summed E-state index contributed by atoms with van der Waals surface area (Å²) in [4.78, 5) is 0. The predicted octanol–water partition coefficient (Wildman–Crippen LogP) is 1.17. The van der Waals surface area contributed by atoms with Gasteiger partial charge >= 0.3 is 0 Å². The van der Waals surface area contributed by atoms with E-state index in [1.54, 1.807) is 6.92 Å². The molecule has 0 bridgehead atoms. The maximum atomic E-state index is 8.67. The molecule has 0 amide bonds. The molecule has 0 fully saturated rings. The molecule has 0 unspecified atom stereocenters. The molecule has 54 valence electrons. The van der Waals surface area contributed by atoms with Gasteiger partial charge in [0, 0.05) is 6.42 Å². The molecular formula is C9H12O. The molecule has 0 saturated heterocycles. The topological polar surface area (TPSA) is 20.2 Å². The van der Waals surface area contributed by atoms with E-state index in [1.807, 2.05) is 0 Å². The van der Waals surface area contributed by atoms with E-state index < -0.39 is 6.10 Å². The van der Waals surface area contributed by atoms with Crippen LogP contribution in [0.5, 0.6) is 0 Å². The maximum Gasteiger partial charge on any atom is 0.112 e. The van der Waals surface area contributed by atoms with Crippen LogP contribution in [-0.4, -0.2) is 11.2 Å². The normalized spacial score (nSPS) is 10.3. The van der Waals surface area contributed by atoms with E-state index in [0.717, 1.165) is 12.8 Å². The molecule has 1 atom stereocenters. The summed E-state index contributed by atoms with van der Waals surface area (Å²) in [5, 5.41) is 8.67. The average molecular weight is 136 g/mol.